The van der Waals surface area contributed by atoms with Gasteiger partial charge in [-0.25, -0.2) is 0 Å². The van der Waals surface area contributed by atoms with Crippen LogP contribution in [0.15, 0.2) is 0 Å². The molecule has 0 amide bonds. The SMILES string of the molecule is CCOCNc1nc(NCOCC)nc(N(COCC)COCC)n1. The van der Waals surface area contributed by atoms with Crippen LogP contribution in [0.4, 0.5) is 17.8 Å². The van der Waals surface area contributed by atoms with Crippen molar-refractivity contribution in [2.75, 3.05) is 68.9 Å². The molecular formula is C15H30N6O4. The number of ether oxygens (including phenoxy) is 4. The van der Waals surface area contributed by atoms with Gasteiger partial charge in [0.1, 0.15) is 26.9 Å². The molecular weight excluding hydrogens is 328 g/mol. The summed E-state index contributed by atoms with van der Waals surface area (Å²) in [5.74, 6) is 1.24. The van der Waals surface area contributed by atoms with Crippen molar-refractivity contribution in [2.24, 2.45) is 0 Å². The van der Waals surface area contributed by atoms with Crippen LogP contribution in [0.25, 0.3) is 0 Å². The molecule has 0 atom stereocenters. The lowest BCUT2D eigenvalue weighted by Gasteiger charge is -2.22. The van der Waals surface area contributed by atoms with Crippen molar-refractivity contribution in [3.63, 3.8) is 0 Å². The van der Waals surface area contributed by atoms with Crippen LogP contribution in [0.3, 0.4) is 0 Å². The highest BCUT2D eigenvalue weighted by atomic mass is 16.5. The minimum Gasteiger partial charge on any atom is -0.362 e. The summed E-state index contributed by atoms with van der Waals surface area (Å²) in [7, 11) is 0. The third-order valence-corrected chi connectivity index (χ3v) is 2.88. The zero-order chi connectivity index (χ0) is 18.3. The Hall–Kier alpha value is -1.75. The van der Waals surface area contributed by atoms with Crippen molar-refractivity contribution >= 4 is 17.8 Å². The van der Waals surface area contributed by atoms with E-state index in [1.54, 1.807) is 4.90 Å². The minimum absolute atomic E-state index is 0.307. The summed E-state index contributed by atoms with van der Waals surface area (Å²) in [6.07, 6.45) is 0. The third kappa shape index (κ3) is 8.77. The zero-order valence-corrected chi connectivity index (χ0v) is 15.6. The van der Waals surface area contributed by atoms with E-state index in [9.17, 15) is 0 Å². The highest BCUT2D eigenvalue weighted by Crippen LogP contribution is 2.14. The first-order valence-corrected chi connectivity index (χ1v) is 8.54. The van der Waals surface area contributed by atoms with Crippen LogP contribution in [0.1, 0.15) is 27.7 Å². The normalized spacial score (nSPS) is 10.7. The zero-order valence-electron chi connectivity index (χ0n) is 15.6. The van der Waals surface area contributed by atoms with Gasteiger partial charge in [0.25, 0.3) is 0 Å². The fraction of sp³-hybridized carbons (Fsp3) is 0.800. The summed E-state index contributed by atoms with van der Waals surface area (Å²) < 4.78 is 21.5. The van der Waals surface area contributed by atoms with E-state index in [1.165, 1.54) is 0 Å². The van der Waals surface area contributed by atoms with Crippen LogP contribution < -0.4 is 15.5 Å². The van der Waals surface area contributed by atoms with Gasteiger partial charge in [-0.05, 0) is 27.7 Å². The number of hydrogen-bond donors (Lipinski definition) is 2. The molecule has 0 aromatic carbocycles. The molecule has 1 aromatic rings. The third-order valence-electron chi connectivity index (χ3n) is 2.88. The monoisotopic (exact) mass is 358 g/mol. The fourth-order valence-electron chi connectivity index (χ4n) is 1.66. The smallest absolute Gasteiger partial charge is 0.235 e. The predicted molar refractivity (Wildman–Crippen MR) is 95.5 cm³/mol. The maximum absolute atomic E-state index is 5.48. The van der Waals surface area contributed by atoms with Gasteiger partial charge >= 0.3 is 0 Å². The van der Waals surface area contributed by atoms with E-state index in [4.69, 9.17) is 18.9 Å². The molecule has 0 aliphatic heterocycles. The molecule has 144 valence electrons. The molecule has 0 bridgehead atoms. The van der Waals surface area contributed by atoms with Crippen molar-refractivity contribution in [1.29, 1.82) is 0 Å². The molecule has 1 aromatic heterocycles. The second kappa shape index (κ2) is 13.5. The Bertz CT molecular complexity index is 429. The van der Waals surface area contributed by atoms with Crippen LogP contribution in [-0.2, 0) is 18.9 Å². The van der Waals surface area contributed by atoms with E-state index in [1.807, 2.05) is 27.7 Å². The van der Waals surface area contributed by atoms with Gasteiger partial charge in [0.15, 0.2) is 0 Å². The Morgan fingerprint density at radius 1 is 0.680 bits per heavy atom. The molecule has 1 heterocycles. The summed E-state index contributed by atoms with van der Waals surface area (Å²) >= 11 is 0. The van der Waals surface area contributed by atoms with Crippen LogP contribution >= 0.6 is 0 Å². The standard InChI is InChI=1S/C15H30N6O4/c1-5-22-9-16-13-18-14(17-10-23-6-2)20-15(19-13)21(11-24-7-3)12-25-8-4/h5-12H2,1-4H3,(H2,16,17,18,19,20). The van der Waals surface area contributed by atoms with Crippen molar-refractivity contribution in [3.05, 3.63) is 0 Å². The van der Waals surface area contributed by atoms with E-state index >= 15 is 0 Å². The van der Waals surface area contributed by atoms with Gasteiger partial charge in [-0.1, -0.05) is 0 Å². The number of nitrogens with one attached hydrogen (secondary N) is 2. The summed E-state index contributed by atoms with van der Waals surface area (Å²) in [4.78, 5) is 14.9. The highest BCUT2D eigenvalue weighted by molar-refractivity contribution is 5.43. The van der Waals surface area contributed by atoms with E-state index < -0.39 is 0 Å². The Labute approximate surface area is 149 Å². The average Bonchev–Trinajstić information content (AvgIpc) is 2.62. The predicted octanol–water partition coefficient (Wildman–Crippen LogP) is 1.48. The maximum Gasteiger partial charge on any atom is 0.235 e. The number of rotatable bonds is 15. The molecule has 10 heteroatoms. The van der Waals surface area contributed by atoms with E-state index in [-0.39, 0.29) is 0 Å². The van der Waals surface area contributed by atoms with E-state index in [2.05, 4.69) is 25.6 Å². The second-order valence-electron chi connectivity index (χ2n) is 4.69. The molecule has 25 heavy (non-hydrogen) atoms. The average molecular weight is 358 g/mol. The second-order valence-corrected chi connectivity index (χ2v) is 4.69. The molecule has 0 aliphatic rings. The first-order valence-electron chi connectivity index (χ1n) is 8.54. The summed E-state index contributed by atoms with van der Waals surface area (Å²) in [6, 6.07) is 0. The van der Waals surface area contributed by atoms with Crippen LogP contribution in [0.2, 0.25) is 0 Å². The van der Waals surface area contributed by atoms with Gasteiger partial charge in [0, 0.05) is 26.4 Å². The number of hydrogen-bond acceptors (Lipinski definition) is 10. The van der Waals surface area contributed by atoms with Crippen molar-refractivity contribution in [1.82, 2.24) is 15.0 Å². The van der Waals surface area contributed by atoms with Crippen LogP contribution in [-0.4, -0.2) is 68.3 Å². The fourth-order valence-corrected chi connectivity index (χ4v) is 1.66. The summed E-state index contributed by atoms with van der Waals surface area (Å²) in [6.45, 7) is 11.3. The molecule has 1 rings (SSSR count). The molecule has 0 unspecified atom stereocenters. The number of nitrogens with zero attached hydrogens (tertiary/aromatic N) is 4. The van der Waals surface area contributed by atoms with Gasteiger partial charge in [0.2, 0.25) is 17.8 Å². The van der Waals surface area contributed by atoms with Crippen LogP contribution in [0.5, 0.6) is 0 Å². The Morgan fingerprint density at radius 3 is 1.52 bits per heavy atom. The molecule has 0 saturated heterocycles. The lowest BCUT2D eigenvalue weighted by atomic mass is 10.7. The quantitative estimate of drug-likeness (QED) is 0.354. The summed E-state index contributed by atoms with van der Waals surface area (Å²) in [5.41, 5.74) is 0. The van der Waals surface area contributed by atoms with Crippen molar-refractivity contribution < 1.29 is 18.9 Å². The molecule has 0 radical (unpaired) electrons. The van der Waals surface area contributed by atoms with Gasteiger partial charge in [0.05, 0.1) is 0 Å². The summed E-state index contributed by atoms with van der Waals surface area (Å²) in [5, 5.41) is 6.02. The first-order chi connectivity index (χ1) is 12.2. The highest BCUT2D eigenvalue weighted by Gasteiger charge is 2.14. The van der Waals surface area contributed by atoms with Crippen LogP contribution in [0, 0.1) is 0 Å². The molecule has 0 aliphatic carbocycles. The lowest BCUT2D eigenvalue weighted by Crippen LogP contribution is -2.31. The Kier molecular flexibility index (Phi) is 11.5. The van der Waals surface area contributed by atoms with E-state index in [0.717, 1.165) is 0 Å². The number of anilines is 3. The lowest BCUT2D eigenvalue weighted by molar-refractivity contribution is 0.0945. The first kappa shape index (κ1) is 21.3. The molecule has 0 fully saturated rings. The Morgan fingerprint density at radius 2 is 1.12 bits per heavy atom. The van der Waals surface area contributed by atoms with Crippen molar-refractivity contribution in [2.45, 2.75) is 27.7 Å². The van der Waals surface area contributed by atoms with E-state index in [0.29, 0.717) is 71.2 Å². The number of aromatic nitrogens is 3. The van der Waals surface area contributed by atoms with Gasteiger partial charge in [-0.3, -0.25) is 4.90 Å². The van der Waals surface area contributed by atoms with Gasteiger partial charge < -0.3 is 29.6 Å². The Balaban J connectivity index is 2.92. The van der Waals surface area contributed by atoms with Gasteiger partial charge in [-0.15, -0.1) is 0 Å². The largest absolute Gasteiger partial charge is 0.362 e. The molecule has 0 spiro atoms. The molecule has 0 saturated carbocycles. The molecule has 2 N–H and O–H groups in total. The molecule has 10 nitrogen and oxygen atoms in total. The topological polar surface area (TPSA) is 103 Å². The minimum atomic E-state index is 0.307. The van der Waals surface area contributed by atoms with Crippen molar-refractivity contribution in [3.8, 4) is 0 Å². The maximum atomic E-state index is 5.48. The van der Waals surface area contributed by atoms with Gasteiger partial charge in [-0.2, -0.15) is 15.0 Å².